The topological polar surface area (TPSA) is 47.6 Å². The van der Waals surface area contributed by atoms with Crippen LogP contribution in [0.15, 0.2) is 0 Å². The third-order valence-corrected chi connectivity index (χ3v) is 2.31. The molecule has 15 heavy (non-hydrogen) atoms. The van der Waals surface area contributed by atoms with Gasteiger partial charge in [0, 0.05) is 6.61 Å². The van der Waals surface area contributed by atoms with Crippen molar-refractivity contribution in [3.8, 4) is 0 Å². The first-order chi connectivity index (χ1) is 6.92. The molecule has 4 heteroatoms. The monoisotopic (exact) mass is 215 g/mol. The van der Waals surface area contributed by atoms with Crippen molar-refractivity contribution in [3.05, 3.63) is 0 Å². The third kappa shape index (κ3) is 4.08. The largest absolute Gasteiger partial charge is 0.444 e. The van der Waals surface area contributed by atoms with Crippen molar-refractivity contribution in [3.63, 3.8) is 0 Å². The molecule has 1 aliphatic rings. The summed E-state index contributed by atoms with van der Waals surface area (Å²) in [6.07, 6.45) is 1.58. The Morgan fingerprint density at radius 1 is 1.53 bits per heavy atom. The molecule has 1 rings (SSSR count). The fraction of sp³-hybridized carbons (Fsp3) is 0.909. The van der Waals surface area contributed by atoms with Crippen LogP contribution in [0.1, 0.15) is 40.5 Å². The van der Waals surface area contributed by atoms with E-state index in [9.17, 15) is 4.79 Å². The average Bonchev–Trinajstić information content (AvgIpc) is 2.48. The zero-order valence-electron chi connectivity index (χ0n) is 10.0. The summed E-state index contributed by atoms with van der Waals surface area (Å²) in [4.78, 5) is 11.5. The van der Waals surface area contributed by atoms with Gasteiger partial charge in [-0.05, 0) is 33.6 Å². The molecular formula is C11H21NO3. The number of hydrogen-bond acceptors (Lipinski definition) is 3. The molecule has 2 atom stereocenters. The summed E-state index contributed by atoms with van der Waals surface area (Å²) < 4.78 is 10.7. The van der Waals surface area contributed by atoms with E-state index in [0.29, 0.717) is 0 Å². The van der Waals surface area contributed by atoms with Crippen LogP contribution in [-0.4, -0.2) is 30.4 Å². The zero-order chi connectivity index (χ0) is 11.5. The summed E-state index contributed by atoms with van der Waals surface area (Å²) in [5.41, 5.74) is -0.439. The number of alkyl carbamates (subject to hydrolysis) is 1. The first-order valence-corrected chi connectivity index (χ1v) is 5.53. The van der Waals surface area contributed by atoms with Crippen LogP contribution in [0, 0.1) is 0 Å². The quantitative estimate of drug-likeness (QED) is 0.767. The number of rotatable bonds is 2. The van der Waals surface area contributed by atoms with Gasteiger partial charge < -0.3 is 14.8 Å². The lowest BCUT2D eigenvalue weighted by Gasteiger charge is -2.23. The van der Waals surface area contributed by atoms with Gasteiger partial charge in [0.25, 0.3) is 0 Å². The van der Waals surface area contributed by atoms with Crippen molar-refractivity contribution >= 4 is 6.09 Å². The summed E-state index contributed by atoms with van der Waals surface area (Å²) in [6, 6.07) is 0.102. The number of amides is 1. The van der Waals surface area contributed by atoms with Crippen molar-refractivity contribution in [2.45, 2.75) is 58.3 Å². The van der Waals surface area contributed by atoms with E-state index < -0.39 is 5.60 Å². The van der Waals surface area contributed by atoms with E-state index in [4.69, 9.17) is 9.47 Å². The van der Waals surface area contributed by atoms with Crippen molar-refractivity contribution in [2.75, 3.05) is 6.61 Å². The number of nitrogens with one attached hydrogen (secondary N) is 1. The van der Waals surface area contributed by atoms with E-state index >= 15 is 0 Å². The minimum Gasteiger partial charge on any atom is -0.444 e. The third-order valence-electron chi connectivity index (χ3n) is 2.31. The van der Waals surface area contributed by atoms with Gasteiger partial charge >= 0.3 is 6.09 Å². The van der Waals surface area contributed by atoms with Gasteiger partial charge in [-0.25, -0.2) is 4.79 Å². The molecule has 0 aromatic heterocycles. The first kappa shape index (κ1) is 12.3. The maximum absolute atomic E-state index is 11.5. The van der Waals surface area contributed by atoms with Gasteiger partial charge in [0.15, 0.2) is 0 Å². The highest BCUT2D eigenvalue weighted by molar-refractivity contribution is 5.68. The normalized spacial score (nSPS) is 26.4. The number of carbonyl (C=O) groups is 1. The van der Waals surface area contributed by atoms with Gasteiger partial charge in [0.2, 0.25) is 0 Å². The highest BCUT2D eigenvalue weighted by Gasteiger charge is 2.29. The van der Waals surface area contributed by atoms with E-state index in [2.05, 4.69) is 12.2 Å². The molecule has 1 aliphatic heterocycles. The Kier molecular flexibility index (Phi) is 3.97. The van der Waals surface area contributed by atoms with E-state index in [0.717, 1.165) is 19.4 Å². The number of hydrogen-bond donors (Lipinski definition) is 1. The Labute approximate surface area is 91.3 Å². The lowest BCUT2D eigenvalue weighted by atomic mass is 10.1. The molecule has 1 amide bonds. The SMILES string of the molecule is CC[C@@H]1OCC[C@@H]1NC(=O)OC(C)(C)C. The Balaban J connectivity index is 2.37. The maximum Gasteiger partial charge on any atom is 0.407 e. The second-order valence-electron chi connectivity index (χ2n) is 4.86. The smallest absolute Gasteiger partial charge is 0.407 e. The van der Waals surface area contributed by atoms with Crippen LogP contribution in [0.2, 0.25) is 0 Å². The number of ether oxygens (including phenoxy) is 2. The highest BCUT2D eigenvalue weighted by Crippen LogP contribution is 2.17. The second-order valence-corrected chi connectivity index (χ2v) is 4.86. The van der Waals surface area contributed by atoms with E-state index in [1.54, 1.807) is 0 Å². The summed E-state index contributed by atoms with van der Waals surface area (Å²) in [6.45, 7) is 8.35. The maximum atomic E-state index is 11.5. The predicted molar refractivity (Wildman–Crippen MR) is 57.8 cm³/mol. The van der Waals surface area contributed by atoms with Crippen molar-refractivity contribution in [1.29, 1.82) is 0 Å². The molecule has 1 heterocycles. The van der Waals surface area contributed by atoms with Crippen molar-refractivity contribution < 1.29 is 14.3 Å². The van der Waals surface area contributed by atoms with E-state index in [-0.39, 0.29) is 18.2 Å². The van der Waals surface area contributed by atoms with Crippen LogP contribution < -0.4 is 5.32 Å². The number of carbonyl (C=O) groups excluding carboxylic acids is 1. The average molecular weight is 215 g/mol. The van der Waals surface area contributed by atoms with Crippen molar-refractivity contribution in [2.24, 2.45) is 0 Å². The van der Waals surface area contributed by atoms with Crippen LogP contribution in [0.4, 0.5) is 4.79 Å². The molecule has 1 N–H and O–H groups in total. The van der Waals surface area contributed by atoms with Crippen LogP contribution in [0.25, 0.3) is 0 Å². The molecule has 0 aromatic rings. The van der Waals surface area contributed by atoms with E-state index in [1.165, 1.54) is 0 Å². The standard InChI is InChI=1S/C11H21NO3/c1-5-9-8(6-7-14-9)12-10(13)15-11(2,3)4/h8-9H,5-7H2,1-4H3,(H,12,13)/t8-,9-/m0/s1. The van der Waals surface area contributed by atoms with Crippen molar-refractivity contribution in [1.82, 2.24) is 5.32 Å². The lowest BCUT2D eigenvalue weighted by Crippen LogP contribution is -2.42. The summed E-state index contributed by atoms with van der Waals surface area (Å²) in [7, 11) is 0. The highest BCUT2D eigenvalue weighted by atomic mass is 16.6. The fourth-order valence-electron chi connectivity index (χ4n) is 1.67. The molecule has 4 nitrogen and oxygen atoms in total. The summed E-state index contributed by atoms with van der Waals surface area (Å²) in [5.74, 6) is 0. The zero-order valence-corrected chi connectivity index (χ0v) is 10.0. The summed E-state index contributed by atoms with van der Waals surface area (Å²) >= 11 is 0. The second kappa shape index (κ2) is 4.84. The van der Waals surface area contributed by atoms with Gasteiger partial charge in [-0.15, -0.1) is 0 Å². The van der Waals surface area contributed by atoms with Crippen LogP contribution in [0.5, 0.6) is 0 Å². The molecule has 0 bridgehead atoms. The molecule has 0 aromatic carbocycles. The van der Waals surface area contributed by atoms with Gasteiger partial charge in [0.05, 0.1) is 12.1 Å². The fourth-order valence-corrected chi connectivity index (χ4v) is 1.67. The molecule has 0 spiro atoms. The van der Waals surface area contributed by atoms with Gasteiger partial charge in [-0.1, -0.05) is 6.92 Å². The Bertz CT molecular complexity index is 222. The van der Waals surface area contributed by atoms with Gasteiger partial charge in [-0.3, -0.25) is 0 Å². The predicted octanol–water partition coefficient (Wildman–Crippen LogP) is 2.08. The molecule has 0 radical (unpaired) electrons. The molecule has 0 saturated carbocycles. The lowest BCUT2D eigenvalue weighted by molar-refractivity contribution is 0.0444. The Morgan fingerprint density at radius 3 is 2.73 bits per heavy atom. The van der Waals surface area contributed by atoms with Crippen LogP contribution >= 0.6 is 0 Å². The Morgan fingerprint density at radius 2 is 2.20 bits per heavy atom. The Hall–Kier alpha value is -0.770. The molecule has 1 fully saturated rings. The van der Waals surface area contributed by atoms with Gasteiger partial charge in [-0.2, -0.15) is 0 Å². The molecule has 88 valence electrons. The van der Waals surface area contributed by atoms with Crippen LogP contribution in [-0.2, 0) is 9.47 Å². The van der Waals surface area contributed by atoms with Crippen LogP contribution in [0.3, 0.4) is 0 Å². The minimum atomic E-state index is -0.439. The van der Waals surface area contributed by atoms with Gasteiger partial charge in [0.1, 0.15) is 5.60 Å². The molecule has 0 unspecified atom stereocenters. The minimum absolute atomic E-state index is 0.102. The first-order valence-electron chi connectivity index (χ1n) is 5.53. The van der Waals surface area contributed by atoms with E-state index in [1.807, 2.05) is 20.8 Å². The molecular weight excluding hydrogens is 194 g/mol. The molecule has 0 aliphatic carbocycles. The molecule has 1 saturated heterocycles. The summed E-state index contributed by atoms with van der Waals surface area (Å²) in [5, 5.41) is 2.85.